The first-order valence-electron chi connectivity index (χ1n) is 17.2. The molecular formula is C37H48N8O3Si2. The fraction of sp³-hybridized carbons (Fsp3) is 0.405. The predicted octanol–water partition coefficient (Wildman–Crippen LogP) is 7.01. The molecule has 4 heterocycles. The standard InChI is InChI=1S/C37H48N8O3Si2/c1-46-33-23-38-35(29-10-8-9-27(21-29)13-19-49(2,3)4)42-36(33)41-32-25-45(26-48-18-20-50(5,6)7)43-34(32)37-39-30-12-11-28(22-31(30)40-37)24-44-14-16-47-17-15-44/h8-12,21-23,25H,14-18,20,24,26H2,1-7H3,(H,39,40)(H,38,41,42). The summed E-state index contributed by atoms with van der Waals surface area (Å²) in [6.07, 6.45) is 3.61. The maximum absolute atomic E-state index is 6.08. The molecule has 0 saturated carbocycles. The van der Waals surface area contributed by atoms with E-state index >= 15 is 0 Å². The van der Waals surface area contributed by atoms with E-state index < -0.39 is 16.1 Å². The molecule has 0 bridgehead atoms. The van der Waals surface area contributed by atoms with Crippen molar-refractivity contribution in [2.75, 3.05) is 45.3 Å². The maximum atomic E-state index is 6.08. The van der Waals surface area contributed by atoms with Gasteiger partial charge in [-0.15, -0.1) is 5.54 Å². The summed E-state index contributed by atoms with van der Waals surface area (Å²) in [5.74, 6) is 5.57. The van der Waals surface area contributed by atoms with E-state index in [0.717, 1.165) is 61.1 Å². The highest BCUT2D eigenvalue weighted by atomic mass is 28.3. The fourth-order valence-electron chi connectivity index (χ4n) is 5.45. The lowest BCUT2D eigenvalue weighted by molar-refractivity contribution is 0.0342. The average molecular weight is 709 g/mol. The zero-order valence-corrected chi connectivity index (χ0v) is 32.3. The number of methoxy groups -OCH3 is 1. The minimum Gasteiger partial charge on any atom is -0.491 e. The van der Waals surface area contributed by atoms with Crippen LogP contribution in [0.1, 0.15) is 11.1 Å². The van der Waals surface area contributed by atoms with Gasteiger partial charge in [-0.3, -0.25) is 4.90 Å². The third kappa shape index (κ3) is 9.46. The molecule has 0 radical (unpaired) electrons. The Morgan fingerprint density at radius 2 is 1.84 bits per heavy atom. The number of ether oxygens (including phenoxy) is 3. The summed E-state index contributed by atoms with van der Waals surface area (Å²) in [4.78, 5) is 20.4. The van der Waals surface area contributed by atoms with E-state index in [-0.39, 0.29) is 0 Å². The van der Waals surface area contributed by atoms with Crippen LogP contribution in [0.25, 0.3) is 33.9 Å². The average Bonchev–Trinajstić information content (AvgIpc) is 3.69. The van der Waals surface area contributed by atoms with Crippen LogP contribution in [-0.4, -0.2) is 90.8 Å². The number of morpholine rings is 1. The van der Waals surface area contributed by atoms with Gasteiger partial charge < -0.3 is 24.5 Å². The molecule has 0 amide bonds. The van der Waals surface area contributed by atoms with Crippen molar-refractivity contribution in [2.45, 2.75) is 58.6 Å². The molecule has 1 fully saturated rings. The van der Waals surface area contributed by atoms with Gasteiger partial charge in [-0.05, 0) is 35.9 Å². The molecule has 50 heavy (non-hydrogen) atoms. The minimum atomic E-state index is -1.52. The summed E-state index contributed by atoms with van der Waals surface area (Å²) in [6.45, 7) is 19.0. The highest BCUT2D eigenvalue weighted by Crippen LogP contribution is 2.33. The Balaban J connectivity index is 1.32. The van der Waals surface area contributed by atoms with Crippen LogP contribution < -0.4 is 10.1 Å². The Kier molecular flexibility index (Phi) is 10.8. The summed E-state index contributed by atoms with van der Waals surface area (Å²) >= 11 is 0. The molecule has 0 unspecified atom stereocenters. The van der Waals surface area contributed by atoms with Crippen molar-refractivity contribution in [3.63, 3.8) is 0 Å². The summed E-state index contributed by atoms with van der Waals surface area (Å²) in [6, 6.07) is 15.5. The lowest BCUT2D eigenvalue weighted by atomic mass is 10.1. The Hall–Kier alpha value is -4.33. The number of benzene rings is 2. The van der Waals surface area contributed by atoms with Crippen molar-refractivity contribution >= 4 is 38.7 Å². The second-order valence-corrected chi connectivity index (χ2v) is 25.3. The van der Waals surface area contributed by atoms with Gasteiger partial charge in [-0.25, -0.2) is 19.6 Å². The van der Waals surface area contributed by atoms with Crippen molar-refractivity contribution < 1.29 is 14.2 Å². The molecule has 2 aromatic carbocycles. The smallest absolute Gasteiger partial charge is 0.179 e. The van der Waals surface area contributed by atoms with Gasteiger partial charge in [0.2, 0.25) is 0 Å². The van der Waals surface area contributed by atoms with Crippen LogP contribution in [0.2, 0.25) is 45.3 Å². The highest BCUT2D eigenvalue weighted by Gasteiger charge is 2.20. The zero-order valence-electron chi connectivity index (χ0n) is 30.3. The highest BCUT2D eigenvalue weighted by molar-refractivity contribution is 6.83. The van der Waals surface area contributed by atoms with Gasteiger partial charge in [0.25, 0.3) is 0 Å². The van der Waals surface area contributed by atoms with E-state index in [2.05, 4.69) is 89.1 Å². The van der Waals surface area contributed by atoms with E-state index in [1.54, 1.807) is 18.0 Å². The van der Waals surface area contributed by atoms with Crippen LogP contribution in [0.15, 0.2) is 54.9 Å². The van der Waals surface area contributed by atoms with E-state index in [4.69, 9.17) is 29.3 Å². The van der Waals surface area contributed by atoms with Crippen LogP contribution in [0.3, 0.4) is 0 Å². The monoisotopic (exact) mass is 708 g/mol. The quantitative estimate of drug-likeness (QED) is 0.0803. The number of hydrogen-bond donors (Lipinski definition) is 2. The first-order valence-corrected chi connectivity index (χ1v) is 24.4. The van der Waals surface area contributed by atoms with E-state index in [1.165, 1.54) is 5.56 Å². The number of hydrogen-bond acceptors (Lipinski definition) is 9. The molecule has 0 aliphatic carbocycles. The van der Waals surface area contributed by atoms with Gasteiger partial charge >= 0.3 is 0 Å². The van der Waals surface area contributed by atoms with Gasteiger partial charge in [0, 0.05) is 45.4 Å². The van der Waals surface area contributed by atoms with Crippen LogP contribution in [0.4, 0.5) is 11.5 Å². The van der Waals surface area contributed by atoms with Crippen molar-refractivity contribution in [3.05, 3.63) is 66.0 Å². The van der Waals surface area contributed by atoms with Crippen molar-refractivity contribution in [2.24, 2.45) is 0 Å². The van der Waals surface area contributed by atoms with Crippen LogP contribution in [0, 0.1) is 11.5 Å². The summed E-state index contributed by atoms with van der Waals surface area (Å²) < 4.78 is 19.1. The molecule has 6 rings (SSSR count). The van der Waals surface area contributed by atoms with Crippen molar-refractivity contribution in [1.82, 2.24) is 34.6 Å². The number of rotatable bonds is 12. The Morgan fingerprint density at radius 3 is 2.60 bits per heavy atom. The summed E-state index contributed by atoms with van der Waals surface area (Å²) in [5.41, 5.74) is 9.66. The lowest BCUT2D eigenvalue weighted by Gasteiger charge is -2.26. The normalized spacial score (nSPS) is 14.1. The number of aromatic nitrogens is 6. The third-order valence-electron chi connectivity index (χ3n) is 8.19. The number of nitrogens with one attached hydrogen (secondary N) is 2. The molecule has 1 aliphatic rings. The topological polar surface area (TPSA) is 115 Å². The molecule has 2 N–H and O–H groups in total. The van der Waals surface area contributed by atoms with Crippen LogP contribution >= 0.6 is 0 Å². The largest absolute Gasteiger partial charge is 0.491 e. The number of fused-ring (bicyclic) bond motifs is 1. The molecule has 0 atom stereocenters. The Labute approximate surface area is 296 Å². The van der Waals surface area contributed by atoms with Crippen LogP contribution in [0.5, 0.6) is 5.75 Å². The fourth-order valence-corrected chi connectivity index (χ4v) is 6.72. The van der Waals surface area contributed by atoms with Crippen LogP contribution in [-0.2, 0) is 22.7 Å². The number of anilines is 2. The number of nitrogens with zero attached hydrogens (tertiary/aromatic N) is 6. The zero-order chi connectivity index (χ0) is 35.3. The van der Waals surface area contributed by atoms with Gasteiger partial charge in [0.1, 0.15) is 14.8 Å². The summed E-state index contributed by atoms with van der Waals surface area (Å²) in [5, 5.41) is 8.43. The van der Waals surface area contributed by atoms with Gasteiger partial charge in [0.05, 0.1) is 49.4 Å². The molecular weight excluding hydrogens is 661 g/mol. The molecule has 1 saturated heterocycles. The van der Waals surface area contributed by atoms with E-state index in [9.17, 15) is 0 Å². The SMILES string of the molecule is COc1cnc(-c2cccc(C#C[Si](C)(C)C)c2)nc1Nc1cn(COCC[Si](C)(C)C)nc1-c1nc2ccc(CN3CCOCC3)cc2[nH]1. The third-order valence-corrected chi connectivity index (χ3v) is 10.8. The van der Waals surface area contributed by atoms with Crippen molar-refractivity contribution in [1.29, 1.82) is 0 Å². The second-order valence-electron chi connectivity index (χ2n) is 14.9. The van der Waals surface area contributed by atoms with Gasteiger partial charge in [-0.2, -0.15) is 5.10 Å². The first kappa shape index (κ1) is 35.5. The number of aromatic amines is 1. The number of imidazole rings is 1. The first-order chi connectivity index (χ1) is 23.9. The lowest BCUT2D eigenvalue weighted by Crippen LogP contribution is -2.35. The van der Waals surface area contributed by atoms with Gasteiger partial charge in [0.15, 0.2) is 28.9 Å². The Bertz CT molecular complexity index is 2000. The molecule has 1 aliphatic heterocycles. The second kappa shape index (κ2) is 15.3. The molecule has 3 aromatic heterocycles. The van der Waals surface area contributed by atoms with Gasteiger partial charge in [-0.1, -0.05) is 63.4 Å². The molecule has 11 nitrogen and oxygen atoms in total. The van der Waals surface area contributed by atoms with E-state index in [0.29, 0.717) is 47.9 Å². The van der Waals surface area contributed by atoms with Crippen molar-refractivity contribution in [3.8, 4) is 40.1 Å². The molecule has 13 heteroatoms. The number of H-pyrrole nitrogens is 1. The molecule has 0 spiro atoms. The predicted molar refractivity (Wildman–Crippen MR) is 205 cm³/mol. The minimum absolute atomic E-state index is 0.320. The Morgan fingerprint density at radius 1 is 1.02 bits per heavy atom. The maximum Gasteiger partial charge on any atom is 0.179 e. The van der Waals surface area contributed by atoms with E-state index in [1.807, 2.05) is 30.5 Å². The molecule has 5 aromatic rings. The summed E-state index contributed by atoms with van der Waals surface area (Å²) in [7, 11) is -1.14. The molecule has 262 valence electrons.